The second-order valence-corrected chi connectivity index (χ2v) is 4.39. The number of aryl methyl sites for hydroxylation is 1. The van der Waals surface area contributed by atoms with Crippen LogP contribution in [0.2, 0.25) is 10.3 Å². The van der Waals surface area contributed by atoms with Crippen molar-refractivity contribution in [1.29, 1.82) is 0 Å². The summed E-state index contributed by atoms with van der Waals surface area (Å²) in [5.74, 6) is 0.142. The number of nitrogens with zero attached hydrogens (tertiary/aromatic N) is 2. The van der Waals surface area contributed by atoms with Gasteiger partial charge in [0.2, 0.25) is 0 Å². The quantitative estimate of drug-likeness (QED) is 0.859. The lowest BCUT2D eigenvalue weighted by atomic mass is 10.2. The summed E-state index contributed by atoms with van der Waals surface area (Å²) in [5, 5.41) is 3.00. The van der Waals surface area contributed by atoms with Crippen LogP contribution in [0.4, 0.5) is 5.82 Å². The van der Waals surface area contributed by atoms with Crippen LogP contribution in [0.3, 0.4) is 0 Å². The second-order valence-electron chi connectivity index (χ2n) is 3.62. The van der Waals surface area contributed by atoms with Crippen LogP contribution in [0.1, 0.15) is 16.1 Å². The van der Waals surface area contributed by atoms with Crippen molar-refractivity contribution in [3.8, 4) is 0 Å². The number of aromatic nitrogens is 2. The van der Waals surface area contributed by atoms with E-state index in [9.17, 15) is 4.79 Å². The minimum atomic E-state index is -0.334. The average Bonchev–Trinajstić information content (AvgIpc) is 2.27. The molecule has 0 atom stereocenters. The van der Waals surface area contributed by atoms with Crippen molar-refractivity contribution in [3.63, 3.8) is 0 Å². The Kier molecular flexibility index (Phi) is 3.79. The molecule has 0 aliphatic rings. The predicted octanol–water partition coefficient (Wildman–Crippen LogP) is 3.34. The zero-order valence-electron chi connectivity index (χ0n) is 9.45. The summed E-state index contributed by atoms with van der Waals surface area (Å²) in [6, 6.07) is 8.24. The molecule has 0 fully saturated rings. The van der Waals surface area contributed by atoms with Gasteiger partial charge in [0.05, 0.1) is 0 Å². The molecule has 0 aliphatic heterocycles. The van der Waals surface area contributed by atoms with Crippen LogP contribution in [0.25, 0.3) is 0 Å². The summed E-state index contributed by atoms with van der Waals surface area (Å²) in [7, 11) is 0. The maximum Gasteiger partial charge on any atom is 0.257 e. The maximum absolute atomic E-state index is 11.9. The minimum absolute atomic E-state index is 0.171. The standard InChI is InChI=1S/C12H9Cl2N3O/c1-7-3-2-4-11(15-7)17-12(18)8-5-9(13)16-10(14)6-8/h2-6H,1H3,(H,15,17,18). The third-order valence-corrected chi connectivity index (χ3v) is 2.54. The van der Waals surface area contributed by atoms with Crippen LogP contribution < -0.4 is 5.32 Å². The first-order valence-corrected chi connectivity index (χ1v) is 5.88. The third-order valence-electron chi connectivity index (χ3n) is 2.15. The number of hydrogen-bond donors (Lipinski definition) is 1. The van der Waals surface area contributed by atoms with Gasteiger partial charge in [-0.1, -0.05) is 29.3 Å². The molecule has 2 heterocycles. The van der Waals surface area contributed by atoms with Crippen molar-refractivity contribution in [2.24, 2.45) is 0 Å². The van der Waals surface area contributed by atoms with Crippen molar-refractivity contribution < 1.29 is 4.79 Å². The van der Waals surface area contributed by atoms with E-state index in [4.69, 9.17) is 23.2 Å². The number of hydrogen-bond acceptors (Lipinski definition) is 3. The fraction of sp³-hybridized carbons (Fsp3) is 0.0833. The molecule has 0 bridgehead atoms. The Morgan fingerprint density at radius 2 is 1.83 bits per heavy atom. The molecule has 18 heavy (non-hydrogen) atoms. The molecular formula is C12H9Cl2N3O. The van der Waals surface area contributed by atoms with Gasteiger partial charge in [-0.15, -0.1) is 0 Å². The van der Waals surface area contributed by atoms with E-state index in [0.29, 0.717) is 11.4 Å². The summed E-state index contributed by atoms with van der Waals surface area (Å²) in [5.41, 5.74) is 1.15. The SMILES string of the molecule is Cc1cccc(NC(=O)c2cc(Cl)nc(Cl)c2)n1. The van der Waals surface area contributed by atoms with Crippen LogP contribution in [-0.2, 0) is 0 Å². The van der Waals surface area contributed by atoms with Crippen molar-refractivity contribution in [3.05, 3.63) is 51.9 Å². The van der Waals surface area contributed by atoms with E-state index >= 15 is 0 Å². The van der Waals surface area contributed by atoms with Gasteiger partial charge in [0.1, 0.15) is 16.1 Å². The van der Waals surface area contributed by atoms with Gasteiger partial charge in [-0.2, -0.15) is 0 Å². The Bertz CT molecular complexity index is 581. The zero-order valence-corrected chi connectivity index (χ0v) is 11.0. The van der Waals surface area contributed by atoms with Gasteiger partial charge in [-0.3, -0.25) is 4.79 Å². The molecule has 2 aromatic heterocycles. The fourth-order valence-electron chi connectivity index (χ4n) is 1.40. The Morgan fingerprint density at radius 3 is 2.44 bits per heavy atom. The number of anilines is 1. The van der Waals surface area contributed by atoms with E-state index < -0.39 is 0 Å². The van der Waals surface area contributed by atoms with Gasteiger partial charge < -0.3 is 5.32 Å². The number of pyridine rings is 2. The average molecular weight is 282 g/mol. The number of carbonyl (C=O) groups is 1. The summed E-state index contributed by atoms with van der Waals surface area (Å²) in [4.78, 5) is 19.9. The predicted molar refractivity (Wildman–Crippen MR) is 71.2 cm³/mol. The Balaban J connectivity index is 2.22. The number of nitrogens with one attached hydrogen (secondary N) is 1. The topological polar surface area (TPSA) is 54.9 Å². The highest BCUT2D eigenvalue weighted by Crippen LogP contribution is 2.16. The molecule has 6 heteroatoms. The molecule has 0 radical (unpaired) electrons. The summed E-state index contributed by atoms with van der Waals surface area (Å²) in [6.45, 7) is 1.84. The highest BCUT2D eigenvalue weighted by atomic mass is 35.5. The first-order valence-electron chi connectivity index (χ1n) is 5.13. The van der Waals surface area contributed by atoms with Crippen LogP contribution in [0, 0.1) is 6.92 Å². The lowest BCUT2D eigenvalue weighted by Gasteiger charge is -2.05. The molecule has 0 saturated carbocycles. The third kappa shape index (κ3) is 3.18. The Morgan fingerprint density at radius 1 is 1.17 bits per heavy atom. The van der Waals surface area contributed by atoms with Gasteiger partial charge in [-0.25, -0.2) is 9.97 Å². The minimum Gasteiger partial charge on any atom is -0.307 e. The molecule has 4 nitrogen and oxygen atoms in total. The van der Waals surface area contributed by atoms with Gasteiger partial charge in [0, 0.05) is 11.3 Å². The Labute approximate surface area is 114 Å². The fourth-order valence-corrected chi connectivity index (χ4v) is 1.86. The van der Waals surface area contributed by atoms with Gasteiger partial charge >= 0.3 is 0 Å². The van der Waals surface area contributed by atoms with Crippen LogP contribution in [-0.4, -0.2) is 15.9 Å². The van der Waals surface area contributed by atoms with E-state index in [-0.39, 0.29) is 16.2 Å². The van der Waals surface area contributed by atoms with Crippen molar-refractivity contribution in [1.82, 2.24) is 9.97 Å². The molecule has 0 aromatic carbocycles. The molecule has 0 unspecified atom stereocenters. The normalized spacial score (nSPS) is 10.2. The number of rotatable bonds is 2. The molecule has 2 rings (SSSR count). The lowest BCUT2D eigenvalue weighted by molar-refractivity contribution is 0.102. The van der Waals surface area contributed by atoms with E-state index in [1.54, 1.807) is 6.07 Å². The van der Waals surface area contributed by atoms with Crippen molar-refractivity contribution in [2.75, 3.05) is 5.32 Å². The zero-order chi connectivity index (χ0) is 13.1. The molecule has 2 aromatic rings. The lowest BCUT2D eigenvalue weighted by Crippen LogP contribution is -2.13. The summed E-state index contributed by atoms with van der Waals surface area (Å²) >= 11 is 11.5. The van der Waals surface area contributed by atoms with Gasteiger partial charge in [-0.05, 0) is 31.2 Å². The Hall–Kier alpha value is -1.65. The second kappa shape index (κ2) is 5.33. The van der Waals surface area contributed by atoms with E-state index in [0.717, 1.165) is 5.69 Å². The van der Waals surface area contributed by atoms with Crippen LogP contribution >= 0.6 is 23.2 Å². The molecular weight excluding hydrogens is 273 g/mol. The van der Waals surface area contributed by atoms with E-state index in [1.807, 2.05) is 19.1 Å². The van der Waals surface area contributed by atoms with Gasteiger partial charge in [0.25, 0.3) is 5.91 Å². The summed E-state index contributed by atoms with van der Waals surface area (Å²) < 4.78 is 0. The first-order chi connectivity index (χ1) is 8.54. The molecule has 0 spiro atoms. The molecule has 1 amide bonds. The van der Waals surface area contributed by atoms with Crippen LogP contribution in [0.5, 0.6) is 0 Å². The van der Waals surface area contributed by atoms with Crippen molar-refractivity contribution in [2.45, 2.75) is 6.92 Å². The van der Waals surface area contributed by atoms with E-state index in [2.05, 4.69) is 15.3 Å². The first kappa shape index (κ1) is 12.8. The maximum atomic E-state index is 11.9. The highest BCUT2D eigenvalue weighted by Gasteiger charge is 2.09. The van der Waals surface area contributed by atoms with Crippen LogP contribution in [0.15, 0.2) is 30.3 Å². The van der Waals surface area contributed by atoms with E-state index in [1.165, 1.54) is 12.1 Å². The molecule has 0 aliphatic carbocycles. The molecule has 1 N–H and O–H groups in total. The smallest absolute Gasteiger partial charge is 0.257 e. The number of carbonyl (C=O) groups excluding carboxylic acids is 1. The monoisotopic (exact) mass is 281 g/mol. The number of amides is 1. The molecule has 92 valence electrons. The number of halogens is 2. The summed E-state index contributed by atoms with van der Waals surface area (Å²) in [6.07, 6.45) is 0. The largest absolute Gasteiger partial charge is 0.307 e. The molecule has 0 saturated heterocycles. The van der Waals surface area contributed by atoms with Crippen molar-refractivity contribution >= 4 is 34.9 Å². The van der Waals surface area contributed by atoms with Gasteiger partial charge in [0.15, 0.2) is 0 Å². The highest BCUT2D eigenvalue weighted by molar-refractivity contribution is 6.33.